The molecular weight excluding hydrogens is 219 g/mol. The Morgan fingerprint density at radius 3 is 2.71 bits per heavy atom. The Balaban J connectivity index is 2.24. The van der Waals surface area contributed by atoms with Gasteiger partial charge in [0.15, 0.2) is 0 Å². The van der Waals surface area contributed by atoms with E-state index in [0.29, 0.717) is 18.8 Å². The van der Waals surface area contributed by atoms with Crippen LogP contribution in [0, 0.1) is 5.92 Å². The maximum atomic E-state index is 13.3. The van der Waals surface area contributed by atoms with Crippen molar-refractivity contribution in [3.05, 3.63) is 35.4 Å². The summed E-state index contributed by atoms with van der Waals surface area (Å²) in [6.07, 6.45) is 2.57. The predicted molar refractivity (Wildman–Crippen MR) is 64.1 cm³/mol. The average Bonchev–Trinajstić information content (AvgIpc) is 2.41. The van der Waals surface area contributed by atoms with Gasteiger partial charge in [-0.3, -0.25) is 9.18 Å². The average molecular weight is 236 g/mol. The van der Waals surface area contributed by atoms with Crippen LogP contribution in [0.25, 0.3) is 0 Å². The zero-order valence-electron chi connectivity index (χ0n) is 9.77. The van der Waals surface area contributed by atoms with Gasteiger partial charge in [-0.15, -0.1) is 0 Å². The number of carbonyl (C=O) groups is 1. The molecule has 3 heteroatoms. The summed E-state index contributed by atoms with van der Waals surface area (Å²) >= 11 is 0. The van der Waals surface area contributed by atoms with Crippen molar-refractivity contribution in [2.45, 2.75) is 18.8 Å². The second kappa shape index (κ2) is 5.92. The van der Waals surface area contributed by atoms with Gasteiger partial charge in [0.2, 0.25) is 0 Å². The van der Waals surface area contributed by atoms with Crippen molar-refractivity contribution in [2.75, 3.05) is 19.9 Å². The lowest BCUT2D eigenvalue weighted by Crippen LogP contribution is -2.24. The molecule has 0 amide bonds. The molecule has 0 N–H and O–H groups in total. The maximum absolute atomic E-state index is 13.3. The molecule has 0 spiro atoms. The summed E-state index contributed by atoms with van der Waals surface area (Å²) in [6, 6.07) is 7.30. The monoisotopic (exact) mass is 236 g/mol. The molecule has 2 rings (SSSR count). The van der Waals surface area contributed by atoms with Crippen molar-refractivity contribution < 1.29 is 13.9 Å². The molecule has 1 aromatic carbocycles. The van der Waals surface area contributed by atoms with E-state index in [9.17, 15) is 9.18 Å². The number of hydrogen-bond acceptors (Lipinski definition) is 2. The van der Waals surface area contributed by atoms with E-state index < -0.39 is 6.67 Å². The van der Waals surface area contributed by atoms with Crippen LogP contribution in [0.15, 0.2) is 24.3 Å². The second-order valence-electron chi connectivity index (χ2n) is 4.46. The van der Waals surface area contributed by atoms with Crippen LogP contribution in [0.3, 0.4) is 0 Å². The van der Waals surface area contributed by atoms with Crippen LogP contribution >= 0.6 is 0 Å². The molecule has 1 aromatic rings. The first kappa shape index (κ1) is 12.2. The molecule has 0 aliphatic carbocycles. The third kappa shape index (κ3) is 2.72. The molecule has 0 radical (unpaired) electrons. The van der Waals surface area contributed by atoms with E-state index in [-0.39, 0.29) is 11.8 Å². The molecule has 1 saturated heterocycles. The molecule has 2 nitrogen and oxygen atoms in total. The van der Waals surface area contributed by atoms with Gasteiger partial charge in [-0.2, -0.15) is 0 Å². The first-order chi connectivity index (χ1) is 8.36. The number of aldehydes is 1. The first-order valence-corrected chi connectivity index (χ1v) is 6.04. The van der Waals surface area contributed by atoms with E-state index in [1.807, 2.05) is 18.2 Å². The largest absolute Gasteiger partial charge is 0.381 e. The van der Waals surface area contributed by atoms with Crippen LogP contribution in [-0.4, -0.2) is 26.2 Å². The number of ether oxygens (including phenoxy) is 1. The molecule has 92 valence electrons. The van der Waals surface area contributed by atoms with E-state index in [1.165, 1.54) is 0 Å². The van der Waals surface area contributed by atoms with E-state index >= 15 is 0 Å². The highest BCUT2D eigenvalue weighted by Crippen LogP contribution is 2.33. The number of carbonyl (C=O) groups excluding carboxylic acids is 1. The van der Waals surface area contributed by atoms with Crippen LogP contribution < -0.4 is 0 Å². The molecule has 1 heterocycles. The van der Waals surface area contributed by atoms with Crippen molar-refractivity contribution in [3.63, 3.8) is 0 Å². The number of alkyl halides is 1. The van der Waals surface area contributed by atoms with E-state index in [2.05, 4.69) is 0 Å². The topological polar surface area (TPSA) is 26.3 Å². The standard InChI is InChI=1S/C14H17FO2/c15-9-14(11-5-7-17-8-6-11)13-4-2-1-3-12(13)10-16/h1-4,10-11,14H,5-9H2. The Morgan fingerprint density at radius 1 is 1.35 bits per heavy atom. The van der Waals surface area contributed by atoms with Gasteiger partial charge in [-0.25, -0.2) is 0 Å². The number of rotatable bonds is 4. The lowest BCUT2D eigenvalue weighted by atomic mass is 9.80. The van der Waals surface area contributed by atoms with Gasteiger partial charge in [0.1, 0.15) is 6.29 Å². The van der Waals surface area contributed by atoms with E-state index in [4.69, 9.17) is 4.74 Å². The van der Waals surface area contributed by atoms with Gasteiger partial charge in [-0.05, 0) is 24.3 Å². The Morgan fingerprint density at radius 2 is 2.06 bits per heavy atom. The quantitative estimate of drug-likeness (QED) is 0.751. The van der Waals surface area contributed by atoms with E-state index in [0.717, 1.165) is 24.7 Å². The van der Waals surface area contributed by atoms with Crippen molar-refractivity contribution in [1.29, 1.82) is 0 Å². The zero-order chi connectivity index (χ0) is 12.1. The lowest BCUT2D eigenvalue weighted by molar-refractivity contribution is 0.0546. The summed E-state index contributed by atoms with van der Waals surface area (Å²) in [4.78, 5) is 11.0. The minimum atomic E-state index is -0.407. The predicted octanol–water partition coefficient (Wildman–Crippen LogP) is 2.98. The molecule has 0 bridgehead atoms. The summed E-state index contributed by atoms with van der Waals surface area (Å²) in [5, 5.41) is 0. The van der Waals surface area contributed by atoms with Crippen LogP contribution in [0.4, 0.5) is 4.39 Å². The van der Waals surface area contributed by atoms with Crippen LogP contribution in [0.1, 0.15) is 34.7 Å². The highest BCUT2D eigenvalue weighted by Gasteiger charge is 2.26. The third-order valence-corrected chi connectivity index (χ3v) is 3.52. The normalized spacial score (nSPS) is 18.9. The fourth-order valence-corrected chi connectivity index (χ4v) is 2.54. The van der Waals surface area contributed by atoms with Crippen molar-refractivity contribution in [1.82, 2.24) is 0 Å². The number of hydrogen-bond donors (Lipinski definition) is 0. The van der Waals surface area contributed by atoms with Crippen LogP contribution in [0.5, 0.6) is 0 Å². The van der Waals surface area contributed by atoms with Crippen LogP contribution in [0.2, 0.25) is 0 Å². The smallest absolute Gasteiger partial charge is 0.150 e. The van der Waals surface area contributed by atoms with Crippen molar-refractivity contribution in [2.24, 2.45) is 5.92 Å². The summed E-state index contributed by atoms with van der Waals surface area (Å²) in [7, 11) is 0. The van der Waals surface area contributed by atoms with E-state index in [1.54, 1.807) is 6.07 Å². The van der Waals surface area contributed by atoms with Gasteiger partial charge in [-0.1, -0.05) is 24.3 Å². The number of benzene rings is 1. The molecule has 1 fully saturated rings. The Hall–Kier alpha value is -1.22. The van der Waals surface area contributed by atoms with Crippen molar-refractivity contribution >= 4 is 6.29 Å². The minimum Gasteiger partial charge on any atom is -0.381 e. The molecule has 1 atom stereocenters. The zero-order valence-corrected chi connectivity index (χ0v) is 9.77. The first-order valence-electron chi connectivity index (χ1n) is 6.04. The van der Waals surface area contributed by atoms with Gasteiger partial charge >= 0.3 is 0 Å². The summed E-state index contributed by atoms with van der Waals surface area (Å²) in [5.74, 6) is 0.121. The molecule has 1 aliphatic rings. The highest BCUT2D eigenvalue weighted by molar-refractivity contribution is 5.77. The van der Waals surface area contributed by atoms with Crippen molar-refractivity contribution in [3.8, 4) is 0 Å². The minimum absolute atomic E-state index is 0.166. The lowest BCUT2D eigenvalue weighted by Gasteiger charge is -2.29. The fourth-order valence-electron chi connectivity index (χ4n) is 2.54. The maximum Gasteiger partial charge on any atom is 0.150 e. The third-order valence-electron chi connectivity index (χ3n) is 3.52. The molecular formula is C14H17FO2. The van der Waals surface area contributed by atoms with Gasteiger partial charge in [0.05, 0.1) is 6.67 Å². The molecule has 0 aromatic heterocycles. The highest BCUT2D eigenvalue weighted by atomic mass is 19.1. The number of halogens is 1. The Kier molecular flexibility index (Phi) is 4.26. The molecule has 1 unspecified atom stereocenters. The summed E-state index contributed by atoms with van der Waals surface area (Å²) < 4.78 is 18.6. The SMILES string of the molecule is O=Cc1ccccc1C(CF)C1CCOCC1. The molecule has 0 saturated carbocycles. The fraction of sp³-hybridized carbons (Fsp3) is 0.500. The van der Waals surface area contributed by atoms with Gasteiger partial charge in [0.25, 0.3) is 0 Å². The summed E-state index contributed by atoms with van der Waals surface area (Å²) in [5.41, 5.74) is 1.46. The molecule has 1 aliphatic heterocycles. The van der Waals surface area contributed by atoms with Gasteiger partial charge in [0, 0.05) is 24.7 Å². The van der Waals surface area contributed by atoms with Crippen LogP contribution in [-0.2, 0) is 4.74 Å². The summed E-state index contributed by atoms with van der Waals surface area (Å²) in [6.45, 7) is 0.990. The Labute approximate surface area is 101 Å². The van der Waals surface area contributed by atoms with Gasteiger partial charge < -0.3 is 4.74 Å². The molecule has 17 heavy (non-hydrogen) atoms. The Bertz CT molecular complexity index is 372. The second-order valence-corrected chi connectivity index (χ2v) is 4.46.